The predicted molar refractivity (Wildman–Crippen MR) is 101 cm³/mol. The first-order valence-electron chi connectivity index (χ1n) is 8.91. The Labute approximate surface area is 144 Å². The Balaban J connectivity index is 5.61. The van der Waals surface area contributed by atoms with Gasteiger partial charge in [0.1, 0.15) is 0 Å². The van der Waals surface area contributed by atoms with Gasteiger partial charge in [-0.2, -0.15) is 0 Å². The molecule has 0 aromatic carbocycles. The van der Waals surface area contributed by atoms with Crippen molar-refractivity contribution in [2.24, 2.45) is 10.2 Å². The minimum absolute atomic E-state index is 0.385. The average molecular weight is 427 g/mol. The van der Waals surface area contributed by atoms with Crippen LogP contribution in [0.2, 0.25) is 13.3 Å². The molecule has 0 fully saturated rings. The summed E-state index contributed by atoms with van der Waals surface area (Å²) in [4.78, 5) is 5.83. The van der Waals surface area contributed by atoms with Gasteiger partial charge in [-0.3, -0.25) is 0 Å². The molecule has 130 valence electrons. The summed E-state index contributed by atoms with van der Waals surface area (Å²) in [5, 5.41) is 7.55. The van der Waals surface area contributed by atoms with E-state index >= 15 is 0 Å². The number of nitrogens with zero attached hydrogens (tertiary/aromatic N) is 6. The fourth-order valence-electron chi connectivity index (χ4n) is 3.15. The fourth-order valence-corrected chi connectivity index (χ4v) is 19.5. The summed E-state index contributed by atoms with van der Waals surface area (Å²) >= 11 is -2.56. The minimum atomic E-state index is -2.56. The zero-order valence-electron chi connectivity index (χ0n) is 15.0. The monoisotopic (exact) mass is 428 g/mol. The SMILES string of the molecule is CCC[CH2][Sn]([CH2]CCC)([CH2]CCC)/[C](=C\CN=[N+]=[N-])CN=[N+]=[N-]. The van der Waals surface area contributed by atoms with Gasteiger partial charge in [0.15, 0.2) is 0 Å². The zero-order chi connectivity index (χ0) is 17.4. The van der Waals surface area contributed by atoms with Gasteiger partial charge in [-0.05, 0) is 0 Å². The number of rotatable bonds is 14. The molecule has 6 nitrogen and oxygen atoms in total. The van der Waals surface area contributed by atoms with Gasteiger partial charge in [0.25, 0.3) is 0 Å². The van der Waals surface area contributed by atoms with Crippen molar-refractivity contribution in [2.75, 3.05) is 13.1 Å². The summed E-state index contributed by atoms with van der Waals surface area (Å²) in [6.45, 7) is 7.59. The Morgan fingerprint density at radius 3 is 1.74 bits per heavy atom. The first-order valence-corrected chi connectivity index (χ1v) is 16.4. The number of hydrogen-bond acceptors (Lipinski definition) is 2. The van der Waals surface area contributed by atoms with E-state index in [9.17, 15) is 0 Å². The van der Waals surface area contributed by atoms with Crippen LogP contribution in [0, 0.1) is 0 Å². The Kier molecular flexibility index (Phi) is 14.2. The van der Waals surface area contributed by atoms with E-state index in [1.54, 1.807) is 0 Å². The van der Waals surface area contributed by atoms with Crippen molar-refractivity contribution in [1.82, 2.24) is 0 Å². The molecule has 0 rings (SSSR count). The second-order valence-corrected chi connectivity index (χ2v) is 19.5. The van der Waals surface area contributed by atoms with Gasteiger partial charge in [0.05, 0.1) is 0 Å². The van der Waals surface area contributed by atoms with Crippen molar-refractivity contribution in [2.45, 2.75) is 72.6 Å². The van der Waals surface area contributed by atoms with E-state index < -0.39 is 18.4 Å². The average Bonchev–Trinajstić information content (AvgIpc) is 2.58. The fraction of sp³-hybridized carbons (Fsp3) is 0.875. The molecule has 0 spiro atoms. The number of azide groups is 2. The molecule has 0 aliphatic rings. The van der Waals surface area contributed by atoms with Crippen LogP contribution in [0.15, 0.2) is 19.9 Å². The second-order valence-electron chi connectivity index (χ2n) is 6.12. The molecule has 0 bridgehead atoms. The van der Waals surface area contributed by atoms with Gasteiger partial charge in [0, 0.05) is 0 Å². The summed E-state index contributed by atoms with van der Waals surface area (Å²) < 4.78 is 5.36. The standard InChI is InChI=1S/C4H5N6.3C4H9.Sn/c5-9-7-3-1-2-4-8-10-6;3*1-3-4-2;/h1H,3-4H2;3*1,3-4H2,2H3;. The van der Waals surface area contributed by atoms with Crippen LogP contribution in [-0.2, 0) is 0 Å². The van der Waals surface area contributed by atoms with Gasteiger partial charge in [0.2, 0.25) is 0 Å². The summed E-state index contributed by atoms with van der Waals surface area (Å²) in [6.07, 6.45) is 9.51. The van der Waals surface area contributed by atoms with E-state index in [0.29, 0.717) is 13.1 Å². The summed E-state index contributed by atoms with van der Waals surface area (Å²) in [6, 6.07) is 0. The van der Waals surface area contributed by atoms with E-state index in [2.05, 4.69) is 46.9 Å². The molecular weight excluding hydrogens is 395 g/mol. The number of hydrogen-bond donors (Lipinski definition) is 0. The third-order valence-electron chi connectivity index (χ3n) is 4.49. The van der Waals surface area contributed by atoms with E-state index in [1.165, 1.54) is 55.4 Å². The van der Waals surface area contributed by atoms with Gasteiger partial charge in [-0.1, -0.05) is 0 Å². The normalized spacial score (nSPS) is 11.7. The van der Waals surface area contributed by atoms with Gasteiger partial charge >= 0.3 is 145 Å². The van der Waals surface area contributed by atoms with Gasteiger partial charge in [-0.15, -0.1) is 0 Å². The first kappa shape index (κ1) is 22.2. The van der Waals surface area contributed by atoms with Gasteiger partial charge < -0.3 is 0 Å². The van der Waals surface area contributed by atoms with E-state index in [1.807, 2.05) is 0 Å². The molecule has 7 heteroatoms. The Morgan fingerprint density at radius 1 is 0.870 bits per heavy atom. The van der Waals surface area contributed by atoms with Crippen LogP contribution in [-0.4, -0.2) is 31.5 Å². The van der Waals surface area contributed by atoms with Crippen molar-refractivity contribution in [3.05, 3.63) is 30.6 Å². The molecule has 0 aromatic heterocycles. The van der Waals surface area contributed by atoms with Crippen LogP contribution in [0.1, 0.15) is 59.3 Å². The molecule has 0 saturated carbocycles. The van der Waals surface area contributed by atoms with E-state index in [4.69, 9.17) is 11.1 Å². The van der Waals surface area contributed by atoms with Crippen LogP contribution >= 0.6 is 0 Å². The van der Waals surface area contributed by atoms with Crippen molar-refractivity contribution < 1.29 is 0 Å². The maximum atomic E-state index is 8.75. The molecule has 23 heavy (non-hydrogen) atoms. The second kappa shape index (κ2) is 14.7. The van der Waals surface area contributed by atoms with Crippen molar-refractivity contribution in [3.63, 3.8) is 0 Å². The maximum absolute atomic E-state index is 8.75. The third-order valence-corrected chi connectivity index (χ3v) is 20.6. The molecule has 0 aliphatic heterocycles. The van der Waals surface area contributed by atoms with Crippen LogP contribution in [0.4, 0.5) is 0 Å². The molecule has 0 unspecified atom stereocenters. The van der Waals surface area contributed by atoms with Crippen molar-refractivity contribution in [1.29, 1.82) is 0 Å². The number of unbranched alkanes of at least 4 members (excludes halogenated alkanes) is 3. The quantitative estimate of drug-likeness (QED) is 0.124. The zero-order valence-corrected chi connectivity index (χ0v) is 17.9. The molecular formula is C16H32N6Sn. The predicted octanol–water partition coefficient (Wildman–Crippen LogP) is 6.92. The Bertz CT molecular complexity index is 414. The van der Waals surface area contributed by atoms with Gasteiger partial charge in [-0.25, -0.2) is 0 Å². The van der Waals surface area contributed by atoms with Crippen LogP contribution in [0.3, 0.4) is 0 Å². The Hall–Kier alpha value is -0.841. The summed E-state index contributed by atoms with van der Waals surface area (Å²) in [5.41, 5.74) is 17.3. The molecule has 0 aromatic rings. The van der Waals surface area contributed by atoms with E-state index in [-0.39, 0.29) is 0 Å². The summed E-state index contributed by atoms with van der Waals surface area (Å²) in [5.74, 6) is 0. The molecule has 0 radical (unpaired) electrons. The van der Waals surface area contributed by atoms with Crippen LogP contribution in [0.5, 0.6) is 0 Å². The summed E-state index contributed by atoms with van der Waals surface area (Å²) in [7, 11) is 0. The van der Waals surface area contributed by atoms with Crippen molar-refractivity contribution in [3.8, 4) is 0 Å². The molecule has 0 N–H and O–H groups in total. The van der Waals surface area contributed by atoms with E-state index in [0.717, 1.165) is 0 Å². The van der Waals surface area contributed by atoms with Crippen molar-refractivity contribution >= 4 is 18.4 Å². The Morgan fingerprint density at radius 2 is 1.35 bits per heavy atom. The topological polar surface area (TPSA) is 97.5 Å². The molecule has 0 amide bonds. The van der Waals surface area contributed by atoms with Crippen LogP contribution < -0.4 is 0 Å². The first-order chi connectivity index (χ1) is 11.2. The third kappa shape index (κ3) is 9.13. The molecule has 0 saturated heterocycles. The molecule has 0 aliphatic carbocycles. The molecule has 0 atom stereocenters. The van der Waals surface area contributed by atoms with Crippen LogP contribution in [0.25, 0.3) is 20.9 Å². The molecule has 0 heterocycles.